The van der Waals surface area contributed by atoms with E-state index in [1.165, 1.54) is 0 Å². The highest BCUT2D eigenvalue weighted by atomic mass is 16.8. The van der Waals surface area contributed by atoms with Crippen LogP contribution in [0.2, 0.25) is 0 Å². The van der Waals surface area contributed by atoms with Crippen LogP contribution in [0.25, 0.3) is 0 Å². The summed E-state index contributed by atoms with van der Waals surface area (Å²) in [6.45, 7) is 5.08. The molecule has 0 aliphatic carbocycles. The number of hydrogen-bond acceptors (Lipinski definition) is 10. The molecule has 36 heavy (non-hydrogen) atoms. The summed E-state index contributed by atoms with van der Waals surface area (Å²) in [7, 11) is 0. The van der Waals surface area contributed by atoms with Gasteiger partial charge in [-0.1, -0.05) is 30.3 Å². The first-order valence-corrected chi connectivity index (χ1v) is 11.5. The standard InChI is InChI=1S/C23H33N3O10/c1-23(2,3)36-21(30)25-10-9-13(18(24)29)26-22(31)35-20-16(28)15(27)17-14(33-20)11-32-19(34-17)12-7-5-4-6-8-12/h4-8,13-17,19-20,27-28H,9-11H2,1-3H3,(H2,24,29)(H,25,30)(H,26,31)/t13-,14+,15+,16+,17+,19?,20?/m0/s1. The third-order valence-electron chi connectivity index (χ3n) is 5.36. The molecule has 13 heteroatoms. The van der Waals surface area contributed by atoms with Gasteiger partial charge in [0.2, 0.25) is 12.2 Å². The third kappa shape index (κ3) is 7.51. The van der Waals surface area contributed by atoms with Crippen LogP contribution < -0.4 is 16.4 Å². The SMILES string of the molecule is CC(C)(C)OC(=O)NCC[C@H](NC(=O)OC1O[C@@H]2COC(c3ccccc3)O[C@H]2[C@H](O)[C@H]1O)C(N)=O. The maximum atomic E-state index is 12.4. The number of aliphatic hydroxyl groups excluding tert-OH is 2. The van der Waals surface area contributed by atoms with Crippen LogP contribution in [0.1, 0.15) is 39.0 Å². The molecule has 13 nitrogen and oxygen atoms in total. The second kappa shape index (κ2) is 11.8. The number of nitrogens with two attached hydrogens (primary N) is 1. The van der Waals surface area contributed by atoms with Crippen molar-refractivity contribution in [1.29, 1.82) is 0 Å². The summed E-state index contributed by atoms with van der Waals surface area (Å²) in [5.41, 5.74) is 5.36. The zero-order valence-corrected chi connectivity index (χ0v) is 20.3. The molecular weight excluding hydrogens is 478 g/mol. The number of rotatable bonds is 7. The highest BCUT2D eigenvalue weighted by Gasteiger charge is 2.50. The second-order valence-corrected chi connectivity index (χ2v) is 9.42. The molecule has 2 fully saturated rings. The third-order valence-corrected chi connectivity index (χ3v) is 5.36. The Bertz CT molecular complexity index is 907. The van der Waals surface area contributed by atoms with Crippen molar-refractivity contribution in [2.75, 3.05) is 13.2 Å². The van der Waals surface area contributed by atoms with E-state index in [9.17, 15) is 24.6 Å². The Labute approximate surface area is 208 Å². The van der Waals surface area contributed by atoms with Crippen molar-refractivity contribution < 1.29 is 48.3 Å². The number of aliphatic hydroxyl groups is 2. The number of alkyl carbamates (subject to hydrolysis) is 2. The predicted molar refractivity (Wildman–Crippen MR) is 122 cm³/mol. The Morgan fingerprint density at radius 1 is 1.11 bits per heavy atom. The minimum Gasteiger partial charge on any atom is -0.444 e. The smallest absolute Gasteiger partial charge is 0.410 e. The number of primary amides is 1. The lowest BCUT2D eigenvalue weighted by Crippen LogP contribution is -2.63. The lowest BCUT2D eigenvalue weighted by Gasteiger charge is -2.45. The highest BCUT2D eigenvalue weighted by Crippen LogP contribution is 2.34. The molecule has 2 aliphatic heterocycles. The lowest BCUT2D eigenvalue weighted by atomic mass is 9.98. The van der Waals surface area contributed by atoms with Crippen LogP contribution >= 0.6 is 0 Å². The Hall–Kier alpha value is -2.97. The number of ether oxygens (including phenoxy) is 5. The predicted octanol–water partition coefficient (Wildman–Crippen LogP) is 0.0422. The second-order valence-electron chi connectivity index (χ2n) is 9.42. The highest BCUT2D eigenvalue weighted by molar-refractivity contribution is 5.84. The van der Waals surface area contributed by atoms with Gasteiger partial charge < -0.3 is 50.3 Å². The molecule has 0 aromatic heterocycles. The normalized spacial score (nSPS) is 28.8. The molecule has 7 atom stereocenters. The van der Waals surface area contributed by atoms with Crippen LogP contribution in [0, 0.1) is 0 Å². The molecule has 2 heterocycles. The van der Waals surface area contributed by atoms with E-state index >= 15 is 0 Å². The van der Waals surface area contributed by atoms with E-state index in [0.29, 0.717) is 0 Å². The van der Waals surface area contributed by atoms with E-state index in [1.807, 2.05) is 18.2 Å². The Balaban J connectivity index is 1.50. The summed E-state index contributed by atoms with van der Waals surface area (Å²) >= 11 is 0. The van der Waals surface area contributed by atoms with Gasteiger partial charge in [0.25, 0.3) is 0 Å². The van der Waals surface area contributed by atoms with Crippen molar-refractivity contribution in [2.45, 2.75) is 75.8 Å². The number of amides is 3. The zero-order valence-electron chi connectivity index (χ0n) is 20.3. The summed E-state index contributed by atoms with van der Waals surface area (Å²) in [5, 5.41) is 25.8. The fourth-order valence-corrected chi connectivity index (χ4v) is 3.65. The molecule has 2 saturated heterocycles. The topological polar surface area (TPSA) is 188 Å². The summed E-state index contributed by atoms with van der Waals surface area (Å²) in [4.78, 5) is 35.8. The average Bonchev–Trinajstić information content (AvgIpc) is 2.81. The van der Waals surface area contributed by atoms with Crippen molar-refractivity contribution in [3.8, 4) is 0 Å². The van der Waals surface area contributed by atoms with E-state index in [1.54, 1.807) is 32.9 Å². The van der Waals surface area contributed by atoms with E-state index in [2.05, 4.69) is 10.6 Å². The maximum Gasteiger partial charge on any atom is 0.410 e. The molecule has 200 valence electrons. The van der Waals surface area contributed by atoms with Crippen molar-refractivity contribution in [3.63, 3.8) is 0 Å². The minimum atomic E-state index is -1.63. The summed E-state index contributed by atoms with van der Waals surface area (Å²) < 4.78 is 27.2. The molecule has 2 unspecified atom stereocenters. The maximum absolute atomic E-state index is 12.4. The average molecular weight is 512 g/mol. The molecule has 3 rings (SSSR count). The molecule has 2 aliphatic rings. The summed E-state index contributed by atoms with van der Waals surface area (Å²) in [6, 6.07) is 7.86. The van der Waals surface area contributed by atoms with Crippen molar-refractivity contribution in [3.05, 3.63) is 35.9 Å². The minimum absolute atomic E-state index is 0.00966. The Kier molecular flexibility index (Phi) is 9.08. The Morgan fingerprint density at radius 2 is 1.81 bits per heavy atom. The van der Waals surface area contributed by atoms with E-state index in [4.69, 9.17) is 29.4 Å². The Morgan fingerprint density at radius 3 is 2.44 bits per heavy atom. The van der Waals surface area contributed by atoms with Crippen molar-refractivity contribution in [1.82, 2.24) is 10.6 Å². The van der Waals surface area contributed by atoms with E-state index in [-0.39, 0.29) is 19.6 Å². The van der Waals surface area contributed by atoms with Gasteiger partial charge in [-0.3, -0.25) is 4.79 Å². The van der Waals surface area contributed by atoms with Crippen LogP contribution in [-0.2, 0) is 28.5 Å². The van der Waals surface area contributed by atoms with E-state index in [0.717, 1.165) is 5.56 Å². The first-order chi connectivity index (χ1) is 16.9. The van der Waals surface area contributed by atoms with Gasteiger partial charge in [0, 0.05) is 12.1 Å². The molecule has 0 bridgehead atoms. The molecule has 6 N–H and O–H groups in total. The first-order valence-electron chi connectivity index (χ1n) is 11.5. The van der Waals surface area contributed by atoms with Crippen LogP contribution in [-0.4, -0.2) is 83.8 Å². The van der Waals surface area contributed by atoms with Gasteiger partial charge in [-0.2, -0.15) is 0 Å². The number of benzene rings is 1. The number of hydrogen-bond donors (Lipinski definition) is 5. The van der Waals surface area contributed by atoms with Gasteiger partial charge in [0.05, 0.1) is 6.61 Å². The van der Waals surface area contributed by atoms with Crippen LogP contribution in [0.4, 0.5) is 9.59 Å². The molecule has 0 saturated carbocycles. The molecule has 1 aromatic rings. The molecule has 1 aromatic carbocycles. The van der Waals surface area contributed by atoms with Crippen LogP contribution in [0.15, 0.2) is 30.3 Å². The van der Waals surface area contributed by atoms with Gasteiger partial charge in [0.1, 0.15) is 36.1 Å². The van der Waals surface area contributed by atoms with Gasteiger partial charge in [-0.15, -0.1) is 0 Å². The fourth-order valence-electron chi connectivity index (χ4n) is 3.65. The lowest BCUT2D eigenvalue weighted by molar-refractivity contribution is -0.353. The largest absolute Gasteiger partial charge is 0.444 e. The van der Waals surface area contributed by atoms with Crippen LogP contribution in [0.3, 0.4) is 0 Å². The zero-order chi connectivity index (χ0) is 26.5. The van der Waals surface area contributed by atoms with Crippen molar-refractivity contribution >= 4 is 18.1 Å². The van der Waals surface area contributed by atoms with Crippen molar-refractivity contribution in [2.24, 2.45) is 5.73 Å². The summed E-state index contributed by atoms with van der Waals surface area (Å²) in [5.74, 6) is -0.871. The molecule has 3 amide bonds. The monoisotopic (exact) mass is 511 g/mol. The number of carbonyl (C=O) groups excluding carboxylic acids is 3. The first kappa shape index (κ1) is 27.6. The van der Waals surface area contributed by atoms with Gasteiger partial charge in [-0.05, 0) is 27.2 Å². The summed E-state index contributed by atoms with van der Waals surface area (Å²) in [6.07, 6.45) is -9.01. The molecule has 0 radical (unpaired) electrons. The fraction of sp³-hybridized carbons (Fsp3) is 0.609. The number of nitrogens with one attached hydrogen (secondary N) is 2. The quantitative estimate of drug-likeness (QED) is 0.334. The van der Waals surface area contributed by atoms with Gasteiger partial charge >= 0.3 is 12.2 Å². The van der Waals surface area contributed by atoms with Crippen LogP contribution in [0.5, 0.6) is 0 Å². The van der Waals surface area contributed by atoms with Gasteiger partial charge in [0.15, 0.2) is 6.29 Å². The van der Waals surface area contributed by atoms with E-state index < -0.39 is 66.7 Å². The van der Waals surface area contributed by atoms with Gasteiger partial charge in [-0.25, -0.2) is 9.59 Å². The molecular formula is C23H33N3O10. The number of fused-ring (bicyclic) bond motifs is 1. The molecule has 0 spiro atoms. The number of carbonyl (C=O) groups is 3.